The normalized spacial score (nSPS) is 9.94. The molecular weight excluding hydrogens is 218 g/mol. The van der Waals surface area contributed by atoms with Gasteiger partial charge in [-0.1, -0.05) is 12.1 Å². The van der Waals surface area contributed by atoms with Gasteiger partial charge >= 0.3 is 5.97 Å². The fourth-order valence-corrected chi connectivity index (χ4v) is 1.35. The summed E-state index contributed by atoms with van der Waals surface area (Å²) in [5.41, 5.74) is 1.10. The van der Waals surface area contributed by atoms with Gasteiger partial charge in [0.1, 0.15) is 11.8 Å². The lowest BCUT2D eigenvalue weighted by Crippen LogP contribution is -1.99. The SMILES string of the molecule is CCOC(=O)C=Cc1cccc(C#N)c1OC. The molecule has 4 heteroatoms. The molecule has 0 atom stereocenters. The fourth-order valence-electron chi connectivity index (χ4n) is 1.35. The molecule has 0 spiro atoms. The Balaban J connectivity index is 2.99. The molecule has 1 aromatic rings. The van der Waals surface area contributed by atoms with Crippen molar-refractivity contribution in [2.45, 2.75) is 6.92 Å². The first-order valence-electron chi connectivity index (χ1n) is 5.14. The molecule has 0 N–H and O–H groups in total. The van der Waals surface area contributed by atoms with Crippen LogP contribution in [0.1, 0.15) is 18.1 Å². The molecule has 4 nitrogen and oxygen atoms in total. The van der Waals surface area contributed by atoms with Gasteiger partial charge < -0.3 is 9.47 Å². The first-order chi connectivity index (χ1) is 8.22. The largest absolute Gasteiger partial charge is 0.495 e. The van der Waals surface area contributed by atoms with Gasteiger partial charge in [-0.25, -0.2) is 4.79 Å². The highest BCUT2D eigenvalue weighted by atomic mass is 16.5. The molecule has 1 aromatic carbocycles. The molecule has 17 heavy (non-hydrogen) atoms. The summed E-state index contributed by atoms with van der Waals surface area (Å²) >= 11 is 0. The lowest BCUT2D eigenvalue weighted by Gasteiger charge is -2.05. The Hall–Kier alpha value is -2.28. The van der Waals surface area contributed by atoms with Crippen molar-refractivity contribution in [3.8, 4) is 11.8 Å². The number of esters is 1. The smallest absolute Gasteiger partial charge is 0.330 e. The standard InChI is InChI=1S/C13H13NO3/c1-3-17-12(15)8-7-10-5-4-6-11(9-14)13(10)16-2/h4-8H,3H2,1-2H3. The molecule has 0 aliphatic heterocycles. The van der Waals surface area contributed by atoms with E-state index in [2.05, 4.69) is 0 Å². The van der Waals surface area contributed by atoms with Crippen LogP contribution in [0.2, 0.25) is 0 Å². The number of rotatable bonds is 4. The highest BCUT2D eigenvalue weighted by Gasteiger charge is 2.06. The summed E-state index contributed by atoms with van der Waals surface area (Å²) in [6.07, 6.45) is 2.88. The van der Waals surface area contributed by atoms with E-state index in [0.717, 1.165) is 0 Å². The Morgan fingerprint density at radius 1 is 1.53 bits per heavy atom. The van der Waals surface area contributed by atoms with E-state index in [1.807, 2.05) is 6.07 Å². The van der Waals surface area contributed by atoms with E-state index in [-0.39, 0.29) is 0 Å². The summed E-state index contributed by atoms with van der Waals surface area (Å²) in [7, 11) is 1.48. The van der Waals surface area contributed by atoms with Gasteiger partial charge in [0, 0.05) is 11.6 Å². The van der Waals surface area contributed by atoms with Crippen molar-refractivity contribution in [1.29, 1.82) is 5.26 Å². The van der Waals surface area contributed by atoms with Crippen molar-refractivity contribution in [2.75, 3.05) is 13.7 Å². The van der Waals surface area contributed by atoms with E-state index in [1.54, 1.807) is 31.2 Å². The van der Waals surface area contributed by atoms with Gasteiger partial charge in [0.2, 0.25) is 0 Å². The van der Waals surface area contributed by atoms with E-state index in [0.29, 0.717) is 23.5 Å². The van der Waals surface area contributed by atoms with E-state index >= 15 is 0 Å². The summed E-state index contributed by atoms with van der Waals surface area (Å²) in [5, 5.41) is 8.89. The minimum absolute atomic E-state index is 0.332. The maximum atomic E-state index is 11.2. The van der Waals surface area contributed by atoms with Crippen molar-refractivity contribution in [2.24, 2.45) is 0 Å². The van der Waals surface area contributed by atoms with Gasteiger partial charge in [-0.15, -0.1) is 0 Å². The Morgan fingerprint density at radius 3 is 2.88 bits per heavy atom. The van der Waals surface area contributed by atoms with Gasteiger partial charge in [0.25, 0.3) is 0 Å². The van der Waals surface area contributed by atoms with Crippen molar-refractivity contribution in [1.82, 2.24) is 0 Å². The molecule has 0 unspecified atom stereocenters. The third-order valence-corrected chi connectivity index (χ3v) is 2.06. The van der Waals surface area contributed by atoms with Crippen molar-refractivity contribution in [3.05, 3.63) is 35.4 Å². The lowest BCUT2D eigenvalue weighted by atomic mass is 10.1. The number of benzene rings is 1. The van der Waals surface area contributed by atoms with E-state index in [4.69, 9.17) is 14.7 Å². The molecule has 0 saturated carbocycles. The highest BCUT2D eigenvalue weighted by molar-refractivity contribution is 5.87. The predicted molar refractivity (Wildman–Crippen MR) is 63.4 cm³/mol. The monoisotopic (exact) mass is 231 g/mol. The third-order valence-electron chi connectivity index (χ3n) is 2.06. The summed E-state index contributed by atoms with van der Waals surface area (Å²) < 4.78 is 9.90. The molecule has 0 radical (unpaired) electrons. The number of carbonyl (C=O) groups excluding carboxylic acids is 1. The zero-order valence-corrected chi connectivity index (χ0v) is 9.77. The molecule has 0 saturated heterocycles. The van der Waals surface area contributed by atoms with Crippen LogP contribution < -0.4 is 4.74 Å². The zero-order valence-electron chi connectivity index (χ0n) is 9.77. The van der Waals surface area contributed by atoms with E-state index < -0.39 is 5.97 Å². The zero-order chi connectivity index (χ0) is 12.7. The fraction of sp³-hybridized carbons (Fsp3) is 0.231. The second-order valence-electron chi connectivity index (χ2n) is 3.13. The van der Waals surface area contributed by atoms with Gasteiger partial charge in [0.05, 0.1) is 19.3 Å². The van der Waals surface area contributed by atoms with Gasteiger partial charge in [0.15, 0.2) is 0 Å². The number of hydrogen-bond acceptors (Lipinski definition) is 4. The number of para-hydroxylation sites is 1. The van der Waals surface area contributed by atoms with Crippen LogP contribution in [0.3, 0.4) is 0 Å². The first-order valence-corrected chi connectivity index (χ1v) is 5.14. The second kappa shape index (κ2) is 6.33. The summed E-state index contributed by atoms with van der Waals surface area (Å²) in [5.74, 6) is 0.0347. The summed E-state index contributed by atoms with van der Waals surface area (Å²) in [6, 6.07) is 7.17. The number of methoxy groups -OCH3 is 1. The van der Waals surface area contributed by atoms with Crippen LogP contribution in [0.15, 0.2) is 24.3 Å². The van der Waals surface area contributed by atoms with E-state index in [9.17, 15) is 4.79 Å². The minimum Gasteiger partial charge on any atom is -0.495 e. The molecule has 0 aliphatic carbocycles. The number of hydrogen-bond donors (Lipinski definition) is 0. The lowest BCUT2D eigenvalue weighted by molar-refractivity contribution is -0.137. The van der Waals surface area contributed by atoms with Crippen molar-refractivity contribution >= 4 is 12.0 Å². The molecule has 0 fully saturated rings. The van der Waals surface area contributed by atoms with Crippen LogP contribution in [0, 0.1) is 11.3 Å². The van der Waals surface area contributed by atoms with Crippen LogP contribution in [-0.2, 0) is 9.53 Å². The Kier molecular flexibility index (Phi) is 4.77. The van der Waals surface area contributed by atoms with Crippen molar-refractivity contribution < 1.29 is 14.3 Å². The van der Waals surface area contributed by atoms with E-state index in [1.165, 1.54) is 13.2 Å². The minimum atomic E-state index is -0.420. The number of nitriles is 1. The van der Waals surface area contributed by atoms with Gasteiger partial charge in [-0.3, -0.25) is 0 Å². The van der Waals surface area contributed by atoms with Gasteiger partial charge in [-0.05, 0) is 19.1 Å². The number of carbonyl (C=O) groups is 1. The molecule has 1 rings (SSSR count). The molecular formula is C13H13NO3. The molecule has 0 bridgehead atoms. The van der Waals surface area contributed by atoms with Crippen molar-refractivity contribution in [3.63, 3.8) is 0 Å². The van der Waals surface area contributed by atoms with Crippen LogP contribution >= 0.6 is 0 Å². The van der Waals surface area contributed by atoms with Gasteiger partial charge in [-0.2, -0.15) is 5.26 Å². The molecule has 0 aromatic heterocycles. The Bertz CT molecular complexity index is 472. The van der Waals surface area contributed by atoms with Crippen LogP contribution in [0.25, 0.3) is 6.08 Å². The number of ether oxygens (including phenoxy) is 2. The Morgan fingerprint density at radius 2 is 2.29 bits per heavy atom. The maximum Gasteiger partial charge on any atom is 0.330 e. The topological polar surface area (TPSA) is 59.3 Å². The molecule has 88 valence electrons. The molecule has 0 amide bonds. The predicted octanol–water partition coefficient (Wildman–Crippen LogP) is 2.14. The molecule has 0 aliphatic rings. The molecule has 0 heterocycles. The third kappa shape index (κ3) is 3.35. The van der Waals surface area contributed by atoms with Crippen LogP contribution in [0.5, 0.6) is 5.75 Å². The average molecular weight is 231 g/mol. The average Bonchev–Trinajstić information content (AvgIpc) is 2.36. The maximum absolute atomic E-state index is 11.2. The summed E-state index contributed by atoms with van der Waals surface area (Å²) in [4.78, 5) is 11.2. The highest BCUT2D eigenvalue weighted by Crippen LogP contribution is 2.24. The Labute approximate surface area is 100 Å². The quantitative estimate of drug-likeness (QED) is 0.588. The first kappa shape index (κ1) is 12.8. The van der Waals surface area contributed by atoms with Crippen LogP contribution in [0.4, 0.5) is 0 Å². The summed E-state index contributed by atoms with van der Waals surface area (Å²) in [6.45, 7) is 2.07. The second-order valence-corrected chi connectivity index (χ2v) is 3.13. The number of nitrogens with zero attached hydrogens (tertiary/aromatic N) is 1. The van der Waals surface area contributed by atoms with Crippen LogP contribution in [-0.4, -0.2) is 19.7 Å².